The molecule has 2 aromatic rings. The van der Waals surface area contributed by atoms with E-state index in [1.807, 2.05) is 49.6 Å². The summed E-state index contributed by atoms with van der Waals surface area (Å²) in [6, 6.07) is 9.89. The highest BCUT2D eigenvalue weighted by Crippen LogP contribution is 2.24. The average Bonchev–Trinajstić information content (AvgIpc) is 3.00. The van der Waals surface area contributed by atoms with Crippen molar-refractivity contribution in [3.05, 3.63) is 35.7 Å². The van der Waals surface area contributed by atoms with Crippen LogP contribution in [0.25, 0.3) is 11.3 Å². The van der Waals surface area contributed by atoms with Crippen molar-refractivity contribution < 1.29 is 9.53 Å². The Bertz CT molecular complexity index is 654. The first-order valence-corrected chi connectivity index (χ1v) is 8.82. The minimum atomic E-state index is -0.0574. The molecule has 0 saturated heterocycles. The summed E-state index contributed by atoms with van der Waals surface area (Å²) in [6.45, 7) is 4.45. The van der Waals surface area contributed by atoms with Crippen molar-refractivity contribution >= 4 is 39.6 Å². The molecule has 1 amide bonds. The summed E-state index contributed by atoms with van der Waals surface area (Å²) in [5.41, 5.74) is 1.91. The highest BCUT2D eigenvalue weighted by Gasteiger charge is 2.08. The van der Waals surface area contributed by atoms with Gasteiger partial charge in [-0.1, -0.05) is 44.2 Å². The third-order valence-electron chi connectivity index (χ3n) is 3.08. The van der Waals surface area contributed by atoms with Crippen molar-refractivity contribution in [2.24, 2.45) is 5.92 Å². The summed E-state index contributed by atoms with van der Waals surface area (Å²) in [6.07, 6.45) is 1.02. The van der Waals surface area contributed by atoms with Crippen molar-refractivity contribution in [1.82, 2.24) is 4.98 Å². The van der Waals surface area contributed by atoms with Crippen LogP contribution in [0.4, 0.5) is 5.13 Å². The lowest BCUT2D eigenvalue weighted by Gasteiger charge is -2.09. The summed E-state index contributed by atoms with van der Waals surface area (Å²) in [7, 11) is 0. The molecule has 0 spiro atoms. The number of benzene rings is 1. The van der Waals surface area contributed by atoms with Gasteiger partial charge in [0.2, 0.25) is 5.91 Å². The van der Waals surface area contributed by atoms with Crippen molar-refractivity contribution in [3.8, 4) is 11.3 Å². The number of anilines is 1. The first-order chi connectivity index (χ1) is 11.1. The summed E-state index contributed by atoms with van der Waals surface area (Å²) < 4.78 is 5.40. The van der Waals surface area contributed by atoms with Crippen LogP contribution in [0.5, 0.6) is 0 Å². The number of aromatic nitrogens is 1. The van der Waals surface area contributed by atoms with Gasteiger partial charge in [0.05, 0.1) is 12.3 Å². The number of ether oxygens (including phenoxy) is 1. The molecule has 1 aromatic carbocycles. The van der Waals surface area contributed by atoms with Gasteiger partial charge in [0.25, 0.3) is 0 Å². The van der Waals surface area contributed by atoms with E-state index in [2.05, 4.69) is 10.3 Å². The molecule has 0 fully saturated rings. The molecule has 0 bridgehead atoms. The number of nitrogens with one attached hydrogen (secondary N) is 1. The molecule has 23 heavy (non-hydrogen) atoms. The maximum Gasteiger partial charge on any atom is 0.226 e. The number of thiocarbonyl (C=S) groups is 1. The Morgan fingerprint density at radius 2 is 2.09 bits per heavy atom. The van der Waals surface area contributed by atoms with E-state index in [1.54, 1.807) is 0 Å². The van der Waals surface area contributed by atoms with E-state index in [0.29, 0.717) is 29.6 Å². The van der Waals surface area contributed by atoms with Gasteiger partial charge in [-0.25, -0.2) is 4.98 Å². The summed E-state index contributed by atoms with van der Waals surface area (Å²) >= 11 is 6.51. The van der Waals surface area contributed by atoms with E-state index in [4.69, 9.17) is 17.0 Å². The molecule has 2 rings (SSSR count). The molecule has 1 heterocycles. The topological polar surface area (TPSA) is 51.2 Å². The Labute approximate surface area is 145 Å². The third kappa shape index (κ3) is 5.73. The smallest absolute Gasteiger partial charge is 0.226 e. The van der Waals surface area contributed by atoms with Gasteiger partial charge in [0.1, 0.15) is 0 Å². The maximum atomic E-state index is 11.9. The predicted octanol–water partition coefficient (Wildman–Crippen LogP) is 4.53. The van der Waals surface area contributed by atoms with Crippen LogP contribution >= 0.6 is 23.6 Å². The number of nitrogens with zero attached hydrogens (tertiary/aromatic N) is 1. The lowest BCUT2D eigenvalue weighted by Crippen LogP contribution is -2.14. The van der Waals surface area contributed by atoms with E-state index in [-0.39, 0.29) is 11.8 Å². The predicted molar refractivity (Wildman–Crippen MR) is 98.8 cm³/mol. The second-order valence-electron chi connectivity index (χ2n) is 5.38. The Kier molecular flexibility index (Phi) is 6.67. The molecular formula is C17H20N2O2S2. The van der Waals surface area contributed by atoms with Gasteiger partial charge >= 0.3 is 0 Å². The maximum absolute atomic E-state index is 11.9. The number of carbonyl (C=O) groups excluding carboxylic acids is 1. The van der Waals surface area contributed by atoms with Gasteiger partial charge in [-0.05, 0) is 18.6 Å². The quantitative estimate of drug-likeness (QED) is 0.590. The number of rotatable bonds is 7. The van der Waals surface area contributed by atoms with Crippen LogP contribution in [0.3, 0.4) is 0 Å². The Balaban J connectivity index is 1.76. The molecule has 0 aliphatic carbocycles. The summed E-state index contributed by atoms with van der Waals surface area (Å²) in [5.74, 6) is 0.170. The zero-order valence-electron chi connectivity index (χ0n) is 13.2. The van der Waals surface area contributed by atoms with E-state index >= 15 is 0 Å². The normalized spacial score (nSPS) is 10.6. The molecule has 0 atom stereocenters. The Hall–Kier alpha value is -1.79. The number of amides is 1. The number of carbonyl (C=O) groups is 1. The summed E-state index contributed by atoms with van der Waals surface area (Å²) in [5, 5.41) is 5.98. The van der Waals surface area contributed by atoms with Crippen LogP contribution in [-0.2, 0) is 9.53 Å². The van der Waals surface area contributed by atoms with E-state index in [1.165, 1.54) is 11.3 Å². The molecule has 0 unspecified atom stereocenters. The van der Waals surface area contributed by atoms with Crippen LogP contribution < -0.4 is 5.32 Å². The lowest BCUT2D eigenvalue weighted by atomic mass is 10.2. The molecule has 0 saturated carbocycles. The zero-order valence-corrected chi connectivity index (χ0v) is 14.9. The fraction of sp³-hybridized carbons (Fsp3) is 0.353. The Morgan fingerprint density at radius 1 is 1.35 bits per heavy atom. The molecule has 0 radical (unpaired) electrons. The minimum Gasteiger partial charge on any atom is -0.487 e. The zero-order chi connectivity index (χ0) is 16.7. The van der Waals surface area contributed by atoms with Crippen LogP contribution in [0.15, 0.2) is 35.7 Å². The van der Waals surface area contributed by atoms with E-state index in [9.17, 15) is 4.79 Å². The van der Waals surface area contributed by atoms with Gasteiger partial charge in [0.15, 0.2) is 10.2 Å². The van der Waals surface area contributed by atoms with Crippen molar-refractivity contribution in [2.75, 3.05) is 11.9 Å². The summed E-state index contributed by atoms with van der Waals surface area (Å²) in [4.78, 5) is 16.3. The number of hydrogen-bond donors (Lipinski definition) is 1. The van der Waals surface area contributed by atoms with Crippen LogP contribution in [0.1, 0.15) is 26.7 Å². The fourth-order valence-corrected chi connectivity index (χ4v) is 2.65. The van der Waals surface area contributed by atoms with E-state index < -0.39 is 0 Å². The monoisotopic (exact) mass is 348 g/mol. The van der Waals surface area contributed by atoms with Crippen molar-refractivity contribution in [1.29, 1.82) is 0 Å². The molecule has 1 aromatic heterocycles. The lowest BCUT2D eigenvalue weighted by molar-refractivity contribution is -0.116. The van der Waals surface area contributed by atoms with Crippen LogP contribution in [0, 0.1) is 5.92 Å². The van der Waals surface area contributed by atoms with Crippen molar-refractivity contribution in [3.63, 3.8) is 0 Å². The highest BCUT2D eigenvalue weighted by atomic mass is 32.1. The molecule has 0 aliphatic heterocycles. The largest absolute Gasteiger partial charge is 0.487 e. The highest BCUT2D eigenvalue weighted by molar-refractivity contribution is 7.80. The second-order valence-corrected chi connectivity index (χ2v) is 6.64. The third-order valence-corrected chi connectivity index (χ3v) is 4.43. The van der Waals surface area contributed by atoms with Gasteiger partial charge < -0.3 is 10.1 Å². The van der Waals surface area contributed by atoms with Crippen LogP contribution in [0.2, 0.25) is 0 Å². The van der Waals surface area contributed by atoms with E-state index in [0.717, 1.165) is 11.3 Å². The molecule has 1 N–H and O–H groups in total. The standard InChI is InChI=1S/C17H20N2O2S2/c1-12(2)16(22)21-10-6-9-15(20)19-17-18-14(11-23-17)13-7-4-3-5-8-13/h3-5,7-8,11-12H,6,9-10H2,1-2H3,(H,18,19,20). The number of thiazole rings is 1. The minimum absolute atomic E-state index is 0.0574. The molecule has 4 nitrogen and oxygen atoms in total. The SMILES string of the molecule is CC(C)C(=S)OCCCC(=O)Nc1nc(-c2ccccc2)cs1. The van der Waals surface area contributed by atoms with Crippen molar-refractivity contribution in [2.45, 2.75) is 26.7 Å². The first-order valence-electron chi connectivity index (χ1n) is 7.53. The van der Waals surface area contributed by atoms with Gasteiger partial charge in [0, 0.05) is 23.3 Å². The molecule has 122 valence electrons. The van der Waals surface area contributed by atoms with Crippen LogP contribution in [-0.4, -0.2) is 22.5 Å². The van der Waals surface area contributed by atoms with Gasteiger partial charge in [-0.15, -0.1) is 11.3 Å². The molecule has 0 aliphatic rings. The van der Waals surface area contributed by atoms with Gasteiger partial charge in [-0.2, -0.15) is 0 Å². The number of hydrogen-bond acceptors (Lipinski definition) is 5. The fourth-order valence-electron chi connectivity index (χ4n) is 1.83. The Morgan fingerprint density at radius 3 is 2.78 bits per heavy atom. The molecule has 6 heteroatoms. The van der Waals surface area contributed by atoms with Gasteiger partial charge in [-0.3, -0.25) is 4.79 Å². The second kappa shape index (κ2) is 8.74. The molecular weight excluding hydrogens is 328 g/mol. The first kappa shape index (κ1) is 17.6. The average molecular weight is 348 g/mol.